The van der Waals surface area contributed by atoms with Crippen molar-refractivity contribution in [1.82, 2.24) is 10.3 Å². The minimum Gasteiger partial charge on any atom is -0.333 e. The Morgan fingerprint density at radius 2 is 1.94 bits per heavy atom. The third kappa shape index (κ3) is 2.97. The van der Waals surface area contributed by atoms with Crippen LogP contribution in [0.4, 0.5) is 10.5 Å². The number of fused-ring (bicyclic) bond motifs is 1. The Hall–Kier alpha value is -2.10. The average Bonchev–Trinajstić information content (AvgIpc) is 2.27. The van der Waals surface area contributed by atoms with Crippen LogP contribution in [0.5, 0.6) is 0 Å². The van der Waals surface area contributed by atoms with Crippen molar-refractivity contribution in [2.45, 2.75) is 26.3 Å². The number of carbonyl (C=O) groups is 1. The molecule has 94 valence electrons. The van der Waals surface area contributed by atoms with Crippen LogP contribution in [0.25, 0.3) is 10.9 Å². The fraction of sp³-hybridized carbons (Fsp3) is 0.286. The Bertz CT molecular complexity index is 567. The zero-order valence-corrected chi connectivity index (χ0v) is 10.8. The molecule has 4 nitrogen and oxygen atoms in total. The molecule has 0 aliphatic heterocycles. The van der Waals surface area contributed by atoms with Crippen LogP contribution in [-0.4, -0.2) is 16.6 Å². The monoisotopic (exact) mass is 243 g/mol. The number of benzene rings is 1. The van der Waals surface area contributed by atoms with Crippen molar-refractivity contribution in [3.8, 4) is 0 Å². The second-order valence-electron chi connectivity index (χ2n) is 5.20. The number of anilines is 1. The standard InChI is InChI=1S/C14H17N3O/c1-14(2,3)17-13(18)16-12-8-4-7-11-10(12)6-5-9-15-11/h4-9H,1-3H3,(H2,16,17,18). The van der Waals surface area contributed by atoms with Gasteiger partial charge in [0, 0.05) is 17.1 Å². The molecule has 0 atom stereocenters. The van der Waals surface area contributed by atoms with Crippen molar-refractivity contribution in [2.24, 2.45) is 0 Å². The van der Waals surface area contributed by atoms with E-state index in [0.717, 1.165) is 16.6 Å². The van der Waals surface area contributed by atoms with E-state index >= 15 is 0 Å². The van der Waals surface area contributed by atoms with Gasteiger partial charge in [-0.05, 0) is 45.0 Å². The summed E-state index contributed by atoms with van der Waals surface area (Å²) in [6, 6.07) is 9.25. The second kappa shape index (κ2) is 4.64. The summed E-state index contributed by atoms with van der Waals surface area (Å²) in [7, 11) is 0. The SMILES string of the molecule is CC(C)(C)NC(=O)Nc1cccc2ncccc12. The molecule has 0 radical (unpaired) electrons. The lowest BCUT2D eigenvalue weighted by atomic mass is 10.1. The van der Waals surface area contributed by atoms with Gasteiger partial charge < -0.3 is 10.6 Å². The Morgan fingerprint density at radius 3 is 2.67 bits per heavy atom. The third-order valence-electron chi connectivity index (χ3n) is 2.38. The molecule has 2 rings (SSSR count). The molecule has 0 spiro atoms. The van der Waals surface area contributed by atoms with E-state index in [4.69, 9.17) is 0 Å². The van der Waals surface area contributed by atoms with Crippen LogP contribution in [0.2, 0.25) is 0 Å². The maximum Gasteiger partial charge on any atom is 0.319 e. The summed E-state index contributed by atoms with van der Waals surface area (Å²) in [5, 5.41) is 6.65. The van der Waals surface area contributed by atoms with E-state index < -0.39 is 0 Å². The van der Waals surface area contributed by atoms with Crippen LogP contribution in [0.3, 0.4) is 0 Å². The lowest BCUT2D eigenvalue weighted by molar-refractivity contribution is 0.244. The molecule has 4 heteroatoms. The zero-order chi connectivity index (χ0) is 13.2. The fourth-order valence-corrected chi connectivity index (χ4v) is 1.71. The summed E-state index contributed by atoms with van der Waals surface area (Å²) in [4.78, 5) is 16.1. The van der Waals surface area contributed by atoms with E-state index in [-0.39, 0.29) is 11.6 Å². The van der Waals surface area contributed by atoms with Gasteiger partial charge in [-0.2, -0.15) is 0 Å². The van der Waals surface area contributed by atoms with E-state index in [1.165, 1.54) is 0 Å². The predicted octanol–water partition coefficient (Wildman–Crippen LogP) is 3.15. The first-order chi connectivity index (χ1) is 8.46. The van der Waals surface area contributed by atoms with Crippen LogP contribution in [0, 0.1) is 0 Å². The first-order valence-electron chi connectivity index (χ1n) is 5.89. The van der Waals surface area contributed by atoms with Crippen molar-refractivity contribution in [2.75, 3.05) is 5.32 Å². The number of urea groups is 1. The molecule has 0 saturated carbocycles. The summed E-state index contributed by atoms with van der Waals surface area (Å²) >= 11 is 0. The van der Waals surface area contributed by atoms with Gasteiger partial charge in [0.25, 0.3) is 0 Å². The minimum absolute atomic E-state index is 0.209. The first-order valence-corrected chi connectivity index (χ1v) is 5.89. The molecule has 1 heterocycles. The van der Waals surface area contributed by atoms with E-state index in [1.807, 2.05) is 51.1 Å². The van der Waals surface area contributed by atoms with Gasteiger partial charge in [0.15, 0.2) is 0 Å². The molecule has 0 saturated heterocycles. The lowest BCUT2D eigenvalue weighted by Gasteiger charge is -2.21. The topological polar surface area (TPSA) is 54.0 Å². The maximum atomic E-state index is 11.8. The predicted molar refractivity (Wildman–Crippen MR) is 73.7 cm³/mol. The smallest absolute Gasteiger partial charge is 0.319 e. The number of hydrogen-bond acceptors (Lipinski definition) is 2. The molecule has 0 aliphatic rings. The summed E-state index contributed by atoms with van der Waals surface area (Å²) in [6.07, 6.45) is 1.74. The van der Waals surface area contributed by atoms with E-state index in [0.29, 0.717) is 0 Å². The van der Waals surface area contributed by atoms with Gasteiger partial charge in [0.2, 0.25) is 0 Å². The molecule has 1 aromatic carbocycles. The molecule has 2 aromatic rings. The van der Waals surface area contributed by atoms with Crippen molar-refractivity contribution >= 4 is 22.6 Å². The summed E-state index contributed by atoms with van der Waals surface area (Å²) in [6.45, 7) is 5.83. The maximum absolute atomic E-state index is 11.8. The van der Waals surface area contributed by atoms with E-state index in [1.54, 1.807) is 6.20 Å². The number of nitrogens with one attached hydrogen (secondary N) is 2. The number of rotatable bonds is 1. The van der Waals surface area contributed by atoms with Gasteiger partial charge in [-0.3, -0.25) is 4.98 Å². The number of aromatic nitrogens is 1. The van der Waals surface area contributed by atoms with E-state index in [2.05, 4.69) is 15.6 Å². The first kappa shape index (κ1) is 12.4. The number of carbonyl (C=O) groups excluding carboxylic acids is 1. The van der Waals surface area contributed by atoms with Gasteiger partial charge in [0.05, 0.1) is 11.2 Å². The summed E-state index contributed by atoms with van der Waals surface area (Å²) < 4.78 is 0. The van der Waals surface area contributed by atoms with Crippen LogP contribution >= 0.6 is 0 Å². The van der Waals surface area contributed by atoms with Gasteiger partial charge in [-0.1, -0.05) is 6.07 Å². The lowest BCUT2D eigenvalue weighted by Crippen LogP contribution is -2.43. The van der Waals surface area contributed by atoms with Crippen LogP contribution in [-0.2, 0) is 0 Å². The van der Waals surface area contributed by atoms with Crippen LogP contribution < -0.4 is 10.6 Å². The van der Waals surface area contributed by atoms with Crippen LogP contribution in [0.1, 0.15) is 20.8 Å². The Morgan fingerprint density at radius 1 is 1.17 bits per heavy atom. The molecular formula is C14H17N3O. The third-order valence-corrected chi connectivity index (χ3v) is 2.38. The molecule has 0 unspecified atom stereocenters. The molecular weight excluding hydrogens is 226 g/mol. The zero-order valence-electron chi connectivity index (χ0n) is 10.8. The molecule has 0 bridgehead atoms. The van der Waals surface area contributed by atoms with Crippen molar-refractivity contribution in [3.05, 3.63) is 36.5 Å². The normalized spacial score (nSPS) is 11.3. The highest BCUT2D eigenvalue weighted by atomic mass is 16.2. The molecule has 18 heavy (non-hydrogen) atoms. The van der Waals surface area contributed by atoms with E-state index in [9.17, 15) is 4.79 Å². The quantitative estimate of drug-likeness (QED) is 0.808. The number of pyridine rings is 1. The largest absolute Gasteiger partial charge is 0.333 e. The molecule has 0 aliphatic carbocycles. The molecule has 2 N–H and O–H groups in total. The number of nitrogens with zero attached hydrogens (tertiary/aromatic N) is 1. The number of amides is 2. The summed E-state index contributed by atoms with van der Waals surface area (Å²) in [5.74, 6) is 0. The fourth-order valence-electron chi connectivity index (χ4n) is 1.71. The van der Waals surface area contributed by atoms with Crippen LogP contribution in [0.15, 0.2) is 36.5 Å². The highest BCUT2D eigenvalue weighted by molar-refractivity contribution is 6.00. The van der Waals surface area contributed by atoms with Gasteiger partial charge in [-0.25, -0.2) is 4.79 Å². The average molecular weight is 243 g/mol. The Balaban J connectivity index is 2.24. The van der Waals surface area contributed by atoms with Crippen molar-refractivity contribution in [3.63, 3.8) is 0 Å². The summed E-state index contributed by atoms with van der Waals surface area (Å²) in [5.41, 5.74) is 1.38. The highest BCUT2D eigenvalue weighted by Crippen LogP contribution is 2.21. The van der Waals surface area contributed by atoms with Gasteiger partial charge in [-0.15, -0.1) is 0 Å². The molecule has 0 fully saturated rings. The van der Waals surface area contributed by atoms with Crippen molar-refractivity contribution in [1.29, 1.82) is 0 Å². The molecule has 1 aromatic heterocycles. The molecule has 2 amide bonds. The second-order valence-corrected chi connectivity index (χ2v) is 5.20. The van der Waals surface area contributed by atoms with Crippen molar-refractivity contribution < 1.29 is 4.79 Å². The van der Waals surface area contributed by atoms with Gasteiger partial charge in [0.1, 0.15) is 0 Å². The number of hydrogen-bond donors (Lipinski definition) is 2. The highest BCUT2D eigenvalue weighted by Gasteiger charge is 2.14. The minimum atomic E-state index is -0.257. The van der Waals surface area contributed by atoms with Gasteiger partial charge >= 0.3 is 6.03 Å². The Labute approximate surface area is 106 Å². The Kier molecular flexibility index (Phi) is 3.19.